The van der Waals surface area contributed by atoms with E-state index in [1.165, 1.54) is 12.8 Å². The van der Waals surface area contributed by atoms with Crippen molar-refractivity contribution in [3.8, 4) is 0 Å². The Bertz CT molecular complexity index is 418. The van der Waals surface area contributed by atoms with E-state index < -0.39 is 5.60 Å². The third-order valence-corrected chi connectivity index (χ3v) is 6.39. The number of rotatable bonds is 4. The lowest BCUT2D eigenvalue weighted by molar-refractivity contribution is -0.129. The zero-order valence-corrected chi connectivity index (χ0v) is 14.4. The fourth-order valence-corrected chi connectivity index (χ4v) is 4.55. The van der Waals surface area contributed by atoms with Gasteiger partial charge >= 0.3 is 0 Å². The molecule has 2 rings (SSSR count). The Balaban J connectivity index is 2.08. The molecule has 1 N–H and O–H groups in total. The van der Waals surface area contributed by atoms with Crippen LogP contribution in [0.5, 0.6) is 0 Å². The molecule has 2 aliphatic rings. The summed E-state index contributed by atoms with van der Waals surface area (Å²) in [7, 11) is 0. The SMILES string of the molecule is C[C@H](/C=C/[C@H](C)[C@@H]1CC[C@@H]2C(=O)CCC[C@]21C)C(C)(C)O. The van der Waals surface area contributed by atoms with E-state index in [-0.39, 0.29) is 11.3 Å². The minimum atomic E-state index is -0.668. The molecule has 2 heteroatoms. The van der Waals surface area contributed by atoms with Gasteiger partial charge in [-0.25, -0.2) is 0 Å². The van der Waals surface area contributed by atoms with Crippen molar-refractivity contribution < 1.29 is 9.90 Å². The van der Waals surface area contributed by atoms with E-state index in [1.807, 2.05) is 13.8 Å². The quantitative estimate of drug-likeness (QED) is 0.781. The molecular weight excluding hydrogens is 260 g/mol. The van der Waals surface area contributed by atoms with E-state index in [4.69, 9.17) is 0 Å². The molecular formula is C19H32O2. The van der Waals surface area contributed by atoms with Gasteiger partial charge in [0.2, 0.25) is 0 Å². The summed E-state index contributed by atoms with van der Waals surface area (Å²) in [5.74, 6) is 2.05. The van der Waals surface area contributed by atoms with Gasteiger partial charge in [-0.15, -0.1) is 0 Å². The lowest BCUT2D eigenvalue weighted by Crippen LogP contribution is -2.39. The molecule has 0 bridgehead atoms. The molecule has 0 aromatic carbocycles. The predicted octanol–water partition coefficient (Wildman–Crippen LogP) is 4.37. The van der Waals surface area contributed by atoms with Crippen LogP contribution in [-0.2, 0) is 4.79 Å². The molecule has 0 saturated heterocycles. The van der Waals surface area contributed by atoms with Gasteiger partial charge < -0.3 is 5.11 Å². The lowest BCUT2D eigenvalue weighted by atomic mass is 9.62. The third-order valence-electron chi connectivity index (χ3n) is 6.39. The number of carbonyl (C=O) groups excluding carboxylic acids is 1. The summed E-state index contributed by atoms with van der Waals surface area (Å²) in [4.78, 5) is 12.2. The molecule has 0 radical (unpaired) electrons. The summed E-state index contributed by atoms with van der Waals surface area (Å²) in [5.41, 5.74) is -0.462. The van der Waals surface area contributed by atoms with Crippen molar-refractivity contribution >= 4 is 5.78 Å². The van der Waals surface area contributed by atoms with E-state index in [2.05, 4.69) is 32.9 Å². The van der Waals surface area contributed by atoms with E-state index in [0.717, 1.165) is 19.3 Å². The predicted molar refractivity (Wildman–Crippen MR) is 86.9 cm³/mol. The van der Waals surface area contributed by atoms with Crippen molar-refractivity contribution in [2.45, 2.75) is 72.3 Å². The average molecular weight is 292 g/mol. The van der Waals surface area contributed by atoms with Crippen LogP contribution in [0.25, 0.3) is 0 Å². The van der Waals surface area contributed by atoms with Crippen LogP contribution in [0.3, 0.4) is 0 Å². The molecule has 2 aliphatic carbocycles. The van der Waals surface area contributed by atoms with Crippen LogP contribution in [0.15, 0.2) is 12.2 Å². The fraction of sp³-hybridized carbons (Fsp3) is 0.842. The van der Waals surface area contributed by atoms with Crippen LogP contribution in [0.2, 0.25) is 0 Å². The number of allylic oxidation sites excluding steroid dienone is 1. The number of carbonyl (C=O) groups is 1. The Kier molecular flexibility index (Phi) is 4.68. The highest BCUT2D eigenvalue weighted by molar-refractivity contribution is 5.83. The highest BCUT2D eigenvalue weighted by Gasteiger charge is 2.51. The molecule has 0 heterocycles. The molecule has 0 aromatic heterocycles. The van der Waals surface area contributed by atoms with Crippen LogP contribution >= 0.6 is 0 Å². The van der Waals surface area contributed by atoms with Crippen molar-refractivity contribution in [2.24, 2.45) is 29.1 Å². The van der Waals surface area contributed by atoms with Crippen LogP contribution in [-0.4, -0.2) is 16.5 Å². The molecule has 2 fully saturated rings. The Labute approximate surface area is 130 Å². The summed E-state index contributed by atoms with van der Waals surface area (Å²) < 4.78 is 0. The molecule has 0 spiro atoms. The maximum Gasteiger partial charge on any atom is 0.136 e. The van der Waals surface area contributed by atoms with E-state index in [1.54, 1.807) is 0 Å². The topological polar surface area (TPSA) is 37.3 Å². The van der Waals surface area contributed by atoms with Gasteiger partial charge in [-0.2, -0.15) is 0 Å². The van der Waals surface area contributed by atoms with Gasteiger partial charge in [0.1, 0.15) is 5.78 Å². The second-order valence-electron chi connectivity index (χ2n) is 8.25. The summed E-state index contributed by atoms with van der Waals surface area (Å²) >= 11 is 0. The first kappa shape index (κ1) is 16.7. The summed E-state index contributed by atoms with van der Waals surface area (Å²) in [6.45, 7) is 10.4. The van der Waals surface area contributed by atoms with Gasteiger partial charge in [0.15, 0.2) is 0 Å². The van der Waals surface area contributed by atoms with Crippen molar-refractivity contribution in [3.05, 3.63) is 12.2 Å². The second kappa shape index (κ2) is 5.87. The second-order valence-corrected chi connectivity index (χ2v) is 8.25. The van der Waals surface area contributed by atoms with Gasteiger partial charge in [0.25, 0.3) is 0 Å². The first-order valence-electron chi connectivity index (χ1n) is 8.59. The number of hydrogen-bond donors (Lipinski definition) is 1. The van der Waals surface area contributed by atoms with Crippen molar-refractivity contribution in [3.63, 3.8) is 0 Å². The Hall–Kier alpha value is -0.630. The standard InChI is InChI=1S/C19H32O2/c1-13(8-9-14(2)18(3,4)21)15-10-11-16-17(20)7-6-12-19(15,16)5/h8-9,13-16,21H,6-7,10-12H2,1-5H3/b9-8+/t13-,14+,15-,16+,19-/m0/s1. The number of aliphatic hydroxyl groups is 1. The van der Waals surface area contributed by atoms with Crippen molar-refractivity contribution in [1.82, 2.24) is 0 Å². The minimum absolute atomic E-state index is 0.151. The molecule has 0 aliphatic heterocycles. The number of ketones is 1. The lowest BCUT2D eigenvalue weighted by Gasteiger charge is -2.41. The average Bonchev–Trinajstić information content (AvgIpc) is 2.73. The fourth-order valence-electron chi connectivity index (χ4n) is 4.55. The van der Waals surface area contributed by atoms with Crippen LogP contribution < -0.4 is 0 Å². The van der Waals surface area contributed by atoms with E-state index >= 15 is 0 Å². The molecule has 0 amide bonds. The van der Waals surface area contributed by atoms with Gasteiger partial charge in [-0.1, -0.05) is 32.9 Å². The van der Waals surface area contributed by atoms with Crippen LogP contribution in [0.1, 0.15) is 66.7 Å². The molecule has 5 atom stereocenters. The van der Waals surface area contributed by atoms with Crippen molar-refractivity contribution in [1.29, 1.82) is 0 Å². The Morgan fingerprint density at radius 2 is 1.95 bits per heavy atom. The number of Topliss-reactive ketones (excluding diaryl/α,β-unsaturated/α-hetero) is 1. The maximum absolute atomic E-state index is 12.2. The molecule has 2 nitrogen and oxygen atoms in total. The molecule has 2 saturated carbocycles. The molecule has 21 heavy (non-hydrogen) atoms. The summed E-state index contributed by atoms with van der Waals surface area (Å²) in [6, 6.07) is 0. The normalized spacial score (nSPS) is 36.8. The smallest absolute Gasteiger partial charge is 0.136 e. The van der Waals surface area contributed by atoms with E-state index in [9.17, 15) is 9.90 Å². The third kappa shape index (κ3) is 3.26. The zero-order valence-electron chi connectivity index (χ0n) is 14.4. The van der Waals surface area contributed by atoms with Crippen LogP contribution in [0.4, 0.5) is 0 Å². The van der Waals surface area contributed by atoms with Gasteiger partial charge in [-0.3, -0.25) is 4.79 Å². The minimum Gasteiger partial charge on any atom is -0.390 e. The Morgan fingerprint density at radius 3 is 2.57 bits per heavy atom. The van der Waals surface area contributed by atoms with Crippen molar-refractivity contribution in [2.75, 3.05) is 0 Å². The largest absolute Gasteiger partial charge is 0.390 e. The zero-order chi connectivity index (χ0) is 15.8. The van der Waals surface area contributed by atoms with E-state index in [0.29, 0.717) is 23.5 Å². The number of hydrogen-bond acceptors (Lipinski definition) is 2. The highest BCUT2D eigenvalue weighted by atomic mass is 16.3. The van der Waals surface area contributed by atoms with Gasteiger partial charge in [0, 0.05) is 18.3 Å². The van der Waals surface area contributed by atoms with Gasteiger partial charge in [-0.05, 0) is 56.8 Å². The first-order chi connectivity index (χ1) is 9.66. The summed E-state index contributed by atoms with van der Waals surface area (Å²) in [5, 5.41) is 10.0. The molecule has 120 valence electrons. The Morgan fingerprint density at radius 1 is 1.29 bits per heavy atom. The molecule has 0 unspecified atom stereocenters. The monoisotopic (exact) mass is 292 g/mol. The molecule has 0 aromatic rings. The van der Waals surface area contributed by atoms with Gasteiger partial charge in [0.05, 0.1) is 5.60 Å². The maximum atomic E-state index is 12.2. The van der Waals surface area contributed by atoms with Crippen LogP contribution in [0, 0.1) is 29.1 Å². The first-order valence-corrected chi connectivity index (χ1v) is 8.59. The number of fused-ring (bicyclic) bond motifs is 1. The summed E-state index contributed by atoms with van der Waals surface area (Å²) in [6.07, 6.45) is 9.76. The highest BCUT2D eigenvalue weighted by Crippen LogP contribution is 2.56.